The summed E-state index contributed by atoms with van der Waals surface area (Å²) in [5, 5.41) is 56.2. The average molecular weight is 1530 g/mol. The molecular formula is C45H36FN17Na6O21S7. The summed E-state index contributed by atoms with van der Waals surface area (Å²) < 4.78 is 199. The largest absolute Gasteiger partial charge is 1.00 e. The molecule has 0 atom stereocenters. The van der Waals surface area contributed by atoms with Crippen molar-refractivity contribution < 1.29 is 275 Å². The maximum absolute atomic E-state index is 14.8. The van der Waals surface area contributed by atoms with Crippen molar-refractivity contribution in [2.75, 3.05) is 50.4 Å². The number of nitrogen functional groups attached to an aromatic ring is 2. The van der Waals surface area contributed by atoms with Crippen LogP contribution in [0.25, 0.3) is 0 Å². The number of benzene rings is 6. The summed E-state index contributed by atoms with van der Waals surface area (Å²) >= 11 is 0.385. The number of rotatable bonds is 28. The monoisotopic (exact) mass is 1530 g/mol. The third kappa shape index (κ3) is 27.0. The molecule has 0 unspecified atom stereocenters. The summed E-state index contributed by atoms with van der Waals surface area (Å²) in [5.74, 6) is -2.61. The molecule has 0 spiro atoms. The molecule has 8 rings (SSSR count). The molecule has 6 aromatic carbocycles. The molecule has 0 aliphatic carbocycles. The third-order valence-corrected chi connectivity index (χ3v) is 17.1. The SMILES string of the molecule is C.Nc1c(N=Nc2cc(Nc3nc(Nc4cccc(S(=O)(=O)[O-])c4)nc(Nc4cccc(S(=O)(=O)[O-])c4)n3)ccc2S(=O)(=O)[O-])cc(S(=O)(=O)[O-])c(N)c1N=Nc1cc(Nc2nc(F)nc(Nc3ccc(S(=O)(=O)CCOSOO[O-])cc3)n2)ccc1SOO[O-].[Na+].[Na+].[Na+].[Na+].[Na+].[Na+]. The van der Waals surface area contributed by atoms with Gasteiger partial charge in [-0.15, -0.1) is 24.8 Å². The maximum atomic E-state index is 14.8. The zero-order valence-corrected chi connectivity index (χ0v) is 67.5. The Morgan fingerprint density at radius 3 is 1.35 bits per heavy atom. The van der Waals surface area contributed by atoms with E-state index in [0.29, 0.717) is 6.07 Å². The molecule has 2 heterocycles. The van der Waals surface area contributed by atoms with Gasteiger partial charge in [0.15, 0.2) is 22.2 Å². The van der Waals surface area contributed by atoms with Gasteiger partial charge in [-0.1, -0.05) is 19.6 Å². The van der Waals surface area contributed by atoms with E-state index in [2.05, 4.69) is 95.7 Å². The van der Waals surface area contributed by atoms with Crippen LogP contribution < -0.4 is 226 Å². The molecule has 8 aromatic rings. The number of azo groups is 2. The predicted octanol–water partition coefficient (Wildman–Crippen LogP) is -13.0. The van der Waals surface area contributed by atoms with Gasteiger partial charge in [-0.25, -0.2) is 42.1 Å². The van der Waals surface area contributed by atoms with Crippen LogP contribution in [0.15, 0.2) is 165 Å². The minimum Gasteiger partial charge on any atom is -0.744 e. The van der Waals surface area contributed by atoms with Crippen LogP contribution >= 0.6 is 24.4 Å². The van der Waals surface area contributed by atoms with Crippen molar-refractivity contribution in [3.63, 3.8) is 0 Å². The number of sulfone groups is 1. The number of aromatic nitrogens is 6. The van der Waals surface area contributed by atoms with Crippen LogP contribution in [-0.4, -0.2) is 103 Å². The molecule has 9 N–H and O–H groups in total. The molecular weight excluding hydrogens is 1500 g/mol. The van der Waals surface area contributed by atoms with E-state index in [9.17, 15) is 75.2 Å². The van der Waals surface area contributed by atoms with Crippen molar-refractivity contribution in [2.24, 2.45) is 20.5 Å². The van der Waals surface area contributed by atoms with Gasteiger partial charge in [0.1, 0.15) is 63.2 Å². The molecule has 0 aliphatic rings. The first-order chi connectivity index (χ1) is 42.4. The molecule has 0 bridgehead atoms. The summed E-state index contributed by atoms with van der Waals surface area (Å²) in [5.41, 5.74) is 8.04. The third-order valence-electron chi connectivity index (χ3n) is 11.0. The van der Waals surface area contributed by atoms with E-state index in [1.54, 1.807) is 0 Å². The Bertz CT molecular complexity index is 4630. The van der Waals surface area contributed by atoms with Gasteiger partial charge < -0.3 is 66.8 Å². The van der Waals surface area contributed by atoms with E-state index in [-0.39, 0.29) is 260 Å². The molecule has 0 saturated carbocycles. The van der Waals surface area contributed by atoms with Crippen molar-refractivity contribution in [3.05, 3.63) is 121 Å². The van der Waals surface area contributed by atoms with Gasteiger partial charge in [-0.2, -0.15) is 38.6 Å². The quantitative estimate of drug-likeness (QED) is 0.00350. The van der Waals surface area contributed by atoms with Gasteiger partial charge in [-0.3, -0.25) is 14.3 Å². The fourth-order valence-electron chi connectivity index (χ4n) is 7.13. The number of halogens is 1. The number of hydrogen-bond donors (Lipinski definition) is 7. The fraction of sp³-hybridized carbons (Fsp3) is 0.0667. The number of nitrogens with zero attached hydrogens (tertiary/aromatic N) is 10. The summed E-state index contributed by atoms with van der Waals surface area (Å²) in [6, 6.07) is 20.8. The standard InChI is InChI=1S/C44H38FN17O21S7.CH4.6Na/c45-39-53-40(48-22-7-11-27(12-8-22)86(65,66)16-15-79-85-83-81-64)55-41(54-39)51-25-9-13-33(84-82-80-63)30(19-25)59-62-38-36(46)32(21-35(37(38)47)90(76,77)78)61-60-31-20-26(10-14-34(31)89(73,74)75)52-44-57-42(49-23-3-1-5-28(17-23)87(67,68)69)56-43(58-44)50-24-4-2-6-29(18-24)88(70,71)72;;;;;;;/h1-14,17-21,63-64H,15-16,46-47H2,(H,67,68,69)(H,70,71,72)(H,73,74,75)(H,76,77,78)(H2,48,51,53,54,55)(H3,49,50,52,56,57,58);1H4;;;;;;/q;;6*+1/p-6. The van der Waals surface area contributed by atoms with E-state index in [4.69, 9.17) is 15.7 Å². The van der Waals surface area contributed by atoms with E-state index >= 15 is 0 Å². The van der Waals surface area contributed by atoms with Crippen molar-refractivity contribution in [3.8, 4) is 0 Å². The normalized spacial score (nSPS) is 11.5. The van der Waals surface area contributed by atoms with Crippen molar-refractivity contribution >= 4 is 167 Å². The van der Waals surface area contributed by atoms with E-state index in [1.165, 1.54) is 60.7 Å². The Labute approximate surface area is 691 Å². The van der Waals surface area contributed by atoms with Crippen LogP contribution in [0.4, 0.5) is 96.7 Å². The second-order valence-corrected chi connectivity index (χ2v) is 25.8. The van der Waals surface area contributed by atoms with Gasteiger partial charge in [0, 0.05) is 28.4 Å². The molecule has 0 aliphatic heterocycles. The average Bonchev–Trinajstić information content (AvgIpc) is 0.791. The molecule has 0 fully saturated rings. The maximum Gasteiger partial charge on any atom is 1.00 e. The van der Waals surface area contributed by atoms with Gasteiger partial charge in [0.2, 0.25) is 29.7 Å². The van der Waals surface area contributed by atoms with Gasteiger partial charge in [0.25, 0.3) is 0 Å². The smallest absolute Gasteiger partial charge is 0.744 e. The van der Waals surface area contributed by atoms with Crippen molar-refractivity contribution in [1.29, 1.82) is 0 Å². The summed E-state index contributed by atoms with van der Waals surface area (Å²) in [6.07, 6.45) is -1.32. The zero-order chi connectivity index (χ0) is 65.2. The van der Waals surface area contributed by atoms with Gasteiger partial charge in [-0.05, 0) is 103 Å². The number of nitrogens with two attached hydrogens (primary N) is 2. The van der Waals surface area contributed by atoms with E-state index in [1.807, 2.05) is 0 Å². The molecule has 2 aromatic heterocycles. The second kappa shape index (κ2) is 40.8. The molecule has 0 amide bonds. The molecule has 0 saturated heterocycles. The van der Waals surface area contributed by atoms with Crippen molar-refractivity contribution in [1.82, 2.24) is 29.9 Å². The van der Waals surface area contributed by atoms with Crippen LogP contribution in [-0.2, 0) is 73.2 Å². The van der Waals surface area contributed by atoms with Crippen LogP contribution in [0.3, 0.4) is 0 Å². The second-order valence-electron chi connectivity index (χ2n) is 17.0. The molecule has 0 radical (unpaired) electrons. The first-order valence-corrected chi connectivity index (χ1v) is 32.3. The molecule has 38 nitrogen and oxygen atoms in total. The minimum atomic E-state index is -5.58. The van der Waals surface area contributed by atoms with Crippen LogP contribution in [0.2, 0.25) is 0 Å². The van der Waals surface area contributed by atoms with Crippen LogP contribution in [0.5, 0.6) is 0 Å². The predicted molar refractivity (Wildman–Crippen MR) is 306 cm³/mol. The first kappa shape index (κ1) is 92.1. The Morgan fingerprint density at radius 2 is 0.876 bits per heavy atom. The number of hydrogen-bond acceptors (Lipinski definition) is 40. The molecule has 52 heteroatoms. The Balaban J connectivity index is 0.00000672. The van der Waals surface area contributed by atoms with E-state index in [0.717, 1.165) is 48.5 Å². The van der Waals surface area contributed by atoms with Gasteiger partial charge >= 0.3 is 183 Å². The fourth-order valence-corrected chi connectivity index (χ4v) is 11.2. The van der Waals surface area contributed by atoms with Gasteiger partial charge in [0.05, 0.1) is 65.2 Å². The summed E-state index contributed by atoms with van der Waals surface area (Å²) in [6.45, 7) is -0.381. The summed E-state index contributed by atoms with van der Waals surface area (Å²) in [7, 11) is -24.9. The molecule has 482 valence electrons. The first-order valence-electron chi connectivity index (χ1n) is 23.6. The number of nitrogens with one attached hydrogen (secondary N) is 5. The van der Waals surface area contributed by atoms with E-state index < -0.39 is 140 Å². The summed E-state index contributed by atoms with van der Waals surface area (Å²) in [4.78, 5) is 20.0. The van der Waals surface area contributed by atoms with Crippen molar-refractivity contribution in [2.45, 2.75) is 36.8 Å². The Morgan fingerprint density at radius 1 is 0.454 bits per heavy atom. The Kier molecular flexibility index (Phi) is 38.7. The minimum absolute atomic E-state index is 0. The zero-order valence-electron chi connectivity index (χ0n) is 49.8. The Hall–Kier alpha value is -2.92. The number of anilines is 12. The molecule has 97 heavy (non-hydrogen) atoms. The van der Waals surface area contributed by atoms with Crippen LogP contribution in [0, 0.1) is 6.08 Å². The topological polar surface area (TPSA) is 594 Å². The van der Waals surface area contributed by atoms with Crippen LogP contribution in [0.1, 0.15) is 7.43 Å².